The molecule has 3 rings (SSSR count). The highest BCUT2D eigenvalue weighted by Crippen LogP contribution is 2.32. The first-order valence-electron chi connectivity index (χ1n) is 8.09. The van der Waals surface area contributed by atoms with Crippen LogP contribution < -0.4 is 14.8 Å². The number of nitrogens with one attached hydrogen (secondary N) is 1. The van der Waals surface area contributed by atoms with E-state index in [1.165, 1.54) is 0 Å². The van der Waals surface area contributed by atoms with Gasteiger partial charge in [0.25, 0.3) is 5.91 Å². The van der Waals surface area contributed by atoms with Crippen LogP contribution in [0, 0.1) is 0 Å². The summed E-state index contributed by atoms with van der Waals surface area (Å²) in [6.07, 6.45) is 1.68. The Morgan fingerprint density at radius 3 is 2.67 bits per heavy atom. The molecule has 0 unspecified atom stereocenters. The van der Waals surface area contributed by atoms with Gasteiger partial charge in [-0.3, -0.25) is 4.79 Å². The predicted molar refractivity (Wildman–Crippen MR) is 91.4 cm³/mol. The zero-order valence-electron chi connectivity index (χ0n) is 13.9. The van der Waals surface area contributed by atoms with Crippen molar-refractivity contribution in [2.45, 2.75) is 20.4 Å². The fourth-order valence-corrected chi connectivity index (χ4v) is 2.55. The van der Waals surface area contributed by atoms with Crippen LogP contribution in [0.5, 0.6) is 11.5 Å². The van der Waals surface area contributed by atoms with Gasteiger partial charge in [-0.05, 0) is 43.7 Å². The SMILES string of the molecule is CCN(CC)C(=O)c1ccc(NCc2ccc3c(c2)OCO3)cn1. The van der Waals surface area contributed by atoms with Crippen LogP contribution in [0.3, 0.4) is 0 Å². The summed E-state index contributed by atoms with van der Waals surface area (Å²) in [5.74, 6) is 1.51. The van der Waals surface area contributed by atoms with E-state index in [-0.39, 0.29) is 12.7 Å². The van der Waals surface area contributed by atoms with Crippen molar-refractivity contribution in [3.63, 3.8) is 0 Å². The Bertz CT molecular complexity index is 712. The molecule has 0 atom stereocenters. The average molecular weight is 327 g/mol. The highest BCUT2D eigenvalue weighted by molar-refractivity contribution is 5.92. The molecule has 1 aromatic heterocycles. The maximum Gasteiger partial charge on any atom is 0.272 e. The minimum Gasteiger partial charge on any atom is -0.454 e. The lowest BCUT2D eigenvalue weighted by atomic mass is 10.2. The largest absolute Gasteiger partial charge is 0.454 e. The molecule has 6 heteroatoms. The number of carbonyl (C=O) groups is 1. The lowest BCUT2D eigenvalue weighted by Crippen LogP contribution is -2.31. The van der Waals surface area contributed by atoms with Crippen LogP contribution in [0.1, 0.15) is 29.9 Å². The van der Waals surface area contributed by atoms with E-state index in [0.29, 0.717) is 25.3 Å². The van der Waals surface area contributed by atoms with Crippen molar-refractivity contribution in [1.82, 2.24) is 9.88 Å². The second kappa shape index (κ2) is 7.21. The Morgan fingerprint density at radius 1 is 1.17 bits per heavy atom. The molecule has 0 spiro atoms. The van der Waals surface area contributed by atoms with E-state index in [9.17, 15) is 4.79 Å². The number of hydrogen-bond donors (Lipinski definition) is 1. The predicted octanol–water partition coefficient (Wildman–Crippen LogP) is 2.90. The van der Waals surface area contributed by atoms with Gasteiger partial charge in [-0.15, -0.1) is 0 Å². The molecule has 1 aromatic carbocycles. The van der Waals surface area contributed by atoms with Gasteiger partial charge < -0.3 is 19.7 Å². The van der Waals surface area contributed by atoms with Crippen LogP contribution in [0.4, 0.5) is 5.69 Å². The maximum absolute atomic E-state index is 12.2. The molecule has 126 valence electrons. The van der Waals surface area contributed by atoms with E-state index in [1.54, 1.807) is 17.2 Å². The summed E-state index contributed by atoms with van der Waals surface area (Å²) in [5.41, 5.74) is 2.42. The molecule has 0 radical (unpaired) electrons. The molecule has 0 saturated heterocycles. The first-order chi connectivity index (χ1) is 11.7. The number of rotatable bonds is 6. The number of ether oxygens (including phenoxy) is 2. The first kappa shape index (κ1) is 16.1. The molecular formula is C18H21N3O3. The van der Waals surface area contributed by atoms with E-state index >= 15 is 0 Å². The Hall–Kier alpha value is -2.76. The minimum atomic E-state index is -0.0395. The number of anilines is 1. The Balaban J connectivity index is 1.61. The Morgan fingerprint density at radius 2 is 1.96 bits per heavy atom. The van der Waals surface area contributed by atoms with Crippen molar-refractivity contribution >= 4 is 11.6 Å². The molecule has 2 heterocycles. The molecule has 24 heavy (non-hydrogen) atoms. The molecule has 1 amide bonds. The second-order valence-corrected chi connectivity index (χ2v) is 5.45. The molecule has 0 aliphatic carbocycles. The molecule has 1 N–H and O–H groups in total. The quantitative estimate of drug-likeness (QED) is 0.884. The summed E-state index contributed by atoms with van der Waals surface area (Å²) in [6.45, 7) is 6.20. The van der Waals surface area contributed by atoms with E-state index in [4.69, 9.17) is 9.47 Å². The third kappa shape index (κ3) is 3.42. The lowest BCUT2D eigenvalue weighted by Gasteiger charge is -2.18. The number of nitrogens with zero attached hydrogens (tertiary/aromatic N) is 2. The molecule has 1 aliphatic rings. The summed E-state index contributed by atoms with van der Waals surface area (Å²) >= 11 is 0. The normalized spacial score (nSPS) is 12.1. The summed E-state index contributed by atoms with van der Waals surface area (Å²) in [4.78, 5) is 18.2. The van der Waals surface area contributed by atoms with Crippen molar-refractivity contribution in [2.24, 2.45) is 0 Å². The average Bonchev–Trinajstić information content (AvgIpc) is 3.09. The van der Waals surface area contributed by atoms with Crippen molar-refractivity contribution in [3.05, 3.63) is 47.8 Å². The number of fused-ring (bicyclic) bond motifs is 1. The van der Waals surface area contributed by atoms with Crippen molar-refractivity contribution in [3.8, 4) is 11.5 Å². The fourth-order valence-electron chi connectivity index (χ4n) is 2.55. The van der Waals surface area contributed by atoms with Gasteiger partial charge in [-0.25, -0.2) is 4.98 Å². The summed E-state index contributed by atoms with van der Waals surface area (Å²) in [7, 11) is 0. The van der Waals surface area contributed by atoms with E-state index in [0.717, 1.165) is 22.7 Å². The van der Waals surface area contributed by atoms with Gasteiger partial charge in [0.1, 0.15) is 5.69 Å². The molecule has 0 saturated carbocycles. The fraction of sp³-hybridized carbons (Fsp3) is 0.333. The minimum absolute atomic E-state index is 0.0395. The number of hydrogen-bond acceptors (Lipinski definition) is 5. The van der Waals surface area contributed by atoms with Crippen molar-refractivity contribution in [2.75, 3.05) is 25.2 Å². The standard InChI is InChI=1S/C18H21N3O3/c1-3-21(4-2)18(22)15-7-6-14(11-20-15)19-10-13-5-8-16-17(9-13)24-12-23-16/h5-9,11,19H,3-4,10,12H2,1-2H3. The topological polar surface area (TPSA) is 63.7 Å². The number of carbonyl (C=O) groups excluding carboxylic acids is 1. The highest BCUT2D eigenvalue weighted by atomic mass is 16.7. The van der Waals surface area contributed by atoms with Crippen LogP contribution in [-0.2, 0) is 6.54 Å². The van der Waals surface area contributed by atoms with Crippen LogP contribution in [0.15, 0.2) is 36.5 Å². The maximum atomic E-state index is 12.2. The lowest BCUT2D eigenvalue weighted by molar-refractivity contribution is 0.0767. The zero-order chi connectivity index (χ0) is 16.9. The Kier molecular flexibility index (Phi) is 4.84. The molecule has 2 aromatic rings. The van der Waals surface area contributed by atoms with Gasteiger partial charge in [0, 0.05) is 19.6 Å². The zero-order valence-corrected chi connectivity index (χ0v) is 13.9. The van der Waals surface area contributed by atoms with Gasteiger partial charge in [-0.1, -0.05) is 6.07 Å². The van der Waals surface area contributed by atoms with Gasteiger partial charge in [0.05, 0.1) is 11.9 Å². The smallest absolute Gasteiger partial charge is 0.272 e. The second-order valence-electron chi connectivity index (χ2n) is 5.45. The van der Waals surface area contributed by atoms with Gasteiger partial charge >= 0.3 is 0 Å². The third-order valence-corrected chi connectivity index (χ3v) is 3.97. The van der Waals surface area contributed by atoms with Gasteiger partial charge in [-0.2, -0.15) is 0 Å². The van der Waals surface area contributed by atoms with E-state index in [1.807, 2.05) is 38.1 Å². The van der Waals surface area contributed by atoms with Crippen LogP contribution in [-0.4, -0.2) is 35.7 Å². The molecule has 6 nitrogen and oxygen atoms in total. The number of amides is 1. The summed E-state index contributed by atoms with van der Waals surface area (Å²) in [5, 5.41) is 3.29. The van der Waals surface area contributed by atoms with Gasteiger partial charge in [0.15, 0.2) is 11.5 Å². The number of benzene rings is 1. The Labute approximate surface area is 141 Å². The number of pyridine rings is 1. The summed E-state index contributed by atoms with van der Waals surface area (Å²) in [6, 6.07) is 9.48. The molecule has 1 aliphatic heterocycles. The number of aromatic nitrogens is 1. The van der Waals surface area contributed by atoms with Gasteiger partial charge in [0.2, 0.25) is 6.79 Å². The highest BCUT2D eigenvalue weighted by Gasteiger charge is 2.14. The van der Waals surface area contributed by atoms with Crippen LogP contribution in [0.25, 0.3) is 0 Å². The third-order valence-electron chi connectivity index (χ3n) is 3.97. The van der Waals surface area contributed by atoms with E-state index in [2.05, 4.69) is 10.3 Å². The first-order valence-corrected chi connectivity index (χ1v) is 8.09. The van der Waals surface area contributed by atoms with E-state index < -0.39 is 0 Å². The van der Waals surface area contributed by atoms with Crippen LogP contribution in [0.2, 0.25) is 0 Å². The van der Waals surface area contributed by atoms with Crippen molar-refractivity contribution < 1.29 is 14.3 Å². The van der Waals surface area contributed by atoms with Crippen LogP contribution >= 0.6 is 0 Å². The molecule has 0 fully saturated rings. The monoisotopic (exact) mass is 327 g/mol. The molecule has 0 bridgehead atoms. The molecular weight excluding hydrogens is 306 g/mol. The summed E-state index contributed by atoms with van der Waals surface area (Å²) < 4.78 is 10.7. The van der Waals surface area contributed by atoms with Crippen molar-refractivity contribution in [1.29, 1.82) is 0 Å².